The number of unbranched alkanes of at least 4 members (excludes halogenated alkanes) is 1. The first-order valence-corrected chi connectivity index (χ1v) is 12.6. The maximum Gasteiger partial charge on any atom is 0.250 e. The van der Waals surface area contributed by atoms with Gasteiger partial charge in [-0.05, 0) is 36.8 Å². The third-order valence-corrected chi connectivity index (χ3v) is 6.96. The quantitative estimate of drug-likeness (QED) is 0.222. The Morgan fingerprint density at radius 2 is 1.83 bits per heavy atom. The van der Waals surface area contributed by atoms with Crippen molar-refractivity contribution in [2.45, 2.75) is 19.8 Å². The highest BCUT2D eigenvalue weighted by Crippen LogP contribution is 2.32. The molecule has 1 amide bonds. The predicted molar refractivity (Wildman–Crippen MR) is 134 cm³/mol. The number of para-hydroxylation sites is 2. The maximum atomic E-state index is 12.3. The highest BCUT2D eigenvalue weighted by atomic mass is 35.5. The van der Waals surface area contributed by atoms with Crippen LogP contribution in [0, 0.1) is 0 Å². The van der Waals surface area contributed by atoms with Crippen molar-refractivity contribution >= 4 is 54.8 Å². The summed E-state index contributed by atoms with van der Waals surface area (Å²) in [7, 11) is -1.89. The van der Waals surface area contributed by atoms with E-state index in [2.05, 4.69) is 4.72 Å². The maximum absolute atomic E-state index is 12.3. The minimum atomic E-state index is -3.43. The standard InChI is InChI=1S/C25H26N4O4S.ClH/c1-3-4-14-34(31,32)29-16-12-13-21(22(15-16)33-2)28-23-17-8-5-6-11-20(17)27-24-18(23)9-7-10-19(24)25(26)30;/h5-13,15,29H,3-4,14H2,1-2H3,(H2,26,30)(H,27,28);1H. The molecule has 0 aliphatic rings. The van der Waals surface area contributed by atoms with Gasteiger partial charge in [0.1, 0.15) is 0 Å². The number of primary amides is 1. The van der Waals surface area contributed by atoms with Gasteiger partial charge in [0.15, 0.2) is 17.1 Å². The molecule has 0 atom stereocenters. The summed E-state index contributed by atoms with van der Waals surface area (Å²) in [5.41, 5.74) is 9.26. The number of ether oxygens (including phenoxy) is 1. The third kappa shape index (κ3) is 5.64. The fraction of sp³-hybridized carbons (Fsp3) is 0.200. The number of benzene rings is 3. The zero-order valence-electron chi connectivity index (χ0n) is 19.4. The van der Waals surface area contributed by atoms with E-state index < -0.39 is 15.9 Å². The molecule has 4 rings (SSSR count). The second kappa shape index (κ2) is 10.9. The van der Waals surface area contributed by atoms with Crippen LogP contribution in [0.3, 0.4) is 0 Å². The molecule has 0 saturated carbocycles. The fourth-order valence-electron chi connectivity index (χ4n) is 3.91. The van der Waals surface area contributed by atoms with Crippen molar-refractivity contribution in [2.75, 3.05) is 17.6 Å². The number of nitrogens with two attached hydrogens (primary N) is 2. The molecule has 184 valence electrons. The van der Waals surface area contributed by atoms with Gasteiger partial charge in [0, 0.05) is 12.1 Å². The summed E-state index contributed by atoms with van der Waals surface area (Å²) < 4.78 is 32.8. The van der Waals surface area contributed by atoms with E-state index in [1.807, 2.05) is 42.6 Å². The second-order valence-electron chi connectivity index (χ2n) is 7.98. The average molecular weight is 515 g/mol. The molecule has 3 aromatic carbocycles. The monoisotopic (exact) mass is 514 g/mol. The number of aromatic nitrogens is 1. The number of hydrogen-bond donors (Lipinski definition) is 3. The highest BCUT2D eigenvalue weighted by molar-refractivity contribution is 7.92. The number of methoxy groups -OCH3 is 1. The lowest BCUT2D eigenvalue weighted by atomic mass is 10.0. The summed E-state index contributed by atoms with van der Waals surface area (Å²) >= 11 is 0. The molecule has 10 heteroatoms. The molecule has 0 fully saturated rings. The van der Waals surface area contributed by atoms with Gasteiger partial charge in [0.05, 0.1) is 45.9 Å². The fourth-order valence-corrected chi connectivity index (χ4v) is 5.17. The van der Waals surface area contributed by atoms with Gasteiger partial charge in [-0.1, -0.05) is 31.5 Å². The molecule has 0 bridgehead atoms. The van der Waals surface area contributed by atoms with Gasteiger partial charge in [-0.15, -0.1) is 0 Å². The van der Waals surface area contributed by atoms with Crippen LogP contribution in [-0.4, -0.2) is 32.2 Å². The van der Waals surface area contributed by atoms with Crippen LogP contribution in [0.2, 0.25) is 0 Å². The van der Waals surface area contributed by atoms with Crippen LogP contribution in [0.1, 0.15) is 30.1 Å². The zero-order valence-corrected chi connectivity index (χ0v) is 21.0. The molecule has 0 saturated heterocycles. The number of nitrogens with zero attached hydrogens (tertiary/aromatic N) is 1. The van der Waals surface area contributed by atoms with Crippen molar-refractivity contribution in [3.05, 3.63) is 66.2 Å². The van der Waals surface area contributed by atoms with E-state index in [-0.39, 0.29) is 18.2 Å². The second-order valence-corrected chi connectivity index (χ2v) is 9.83. The number of sulfonamides is 1. The van der Waals surface area contributed by atoms with E-state index in [1.165, 1.54) is 7.11 Å². The Balaban J connectivity index is 0.00000342. The van der Waals surface area contributed by atoms with Crippen LogP contribution in [0.25, 0.3) is 21.8 Å². The molecule has 5 N–H and O–H groups in total. The van der Waals surface area contributed by atoms with Crippen molar-refractivity contribution in [2.24, 2.45) is 5.73 Å². The molecule has 4 aromatic rings. The van der Waals surface area contributed by atoms with E-state index in [9.17, 15) is 13.2 Å². The summed E-state index contributed by atoms with van der Waals surface area (Å²) in [6.07, 6.45) is 1.39. The van der Waals surface area contributed by atoms with Crippen molar-refractivity contribution in [3.8, 4) is 5.75 Å². The first-order chi connectivity index (χ1) is 16.3. The number of hydrogen-bond acceptors (Lipinski definition) is 5. The largest absolute Gasteiger partial charge is 1.00 e. The SMILES string of the molecule is CCCCS(=O)(=O)Nc1ccc([NH2+]c2c3ccccc3nc3c(C(N)=O)cccc23)c(OC)c1.[Cl-]. The van der Waals surface area contributed by atoms with Gasteiger partial charge in [-0.3, -0.25) is 14.8 Å². The van der Waals surface area contributed by atoms with Gasteiger partial charge in [-0.2, -0.15) is 0 Å². The Kier molecular flexibility index (Phi) is 8.16. The van der Waals surface area contributed by atoms with Crippen LogP contribution in [0.4, 0.5) is 17.1 Å². The number of fused-ring (bicyclic) bond motifs is 2. The number of rotatable bonds is 9. The number of nitrogens with one attached hydrogen (secondary N) is 1. The Bertz CT molecular complexity index is 1490. The lowest BCUT2D eigenvalue weighted by Gasteiger charge is -2.14. The summed E-state index contributed by atoms with van der Waals surface area (Å²) in [6, 6.07) is 18.2. The summed E-state index contributed by atoms with van der Waals surface area (Å²) in [5.74, 6) is 0.0315. The van der Waals surface area contributed by atoms with Crippen molar-refractivity contribution in [1.82, 2.24) is 4.98 Å². The Morgan fingerprint density at radius 1 is 1.09 bits per heavy atom. The van der Waals surface area contributed by atoms with Crippen molar-refractivity contribution in [3.63, 3.8) is 0 Å². The van der Waals surface area contributed by atoms with Crippen molar-refractivity contribution in [1.29, 1.82) is 0 Å². The summed E-state index contributed by atoms with van der Waals surface area (Å²) in [5, 5.41) is 3.63. The molecule has 0 aliphatic carbocycles. The van der Waals surface area contributed by atoms with Gasteiger partial charge < -0.3 is 22.9 Å². The van der Waals surface area contributed by atoms with Gasteiger partial charge in [-0.25, -0.2) is 13.4 Å². The molecule has 0 radical (unpaired) electrons. The Morgan fingerprint density at radius 3 is 2.54 bits per heavy atom. The molecule has 1 aromatic heterocycles. The average Bonchev–Trinajstić information content (AvgIpc) is 2.82. The number of carbonyl (C=O) groups is 1. The normalized spacial score (nSPS) is 11.3. The van der Waals surface area contributed by atoms with Crippen molar-refractivity contribution < 1.29 is 35.7 Å². The topological polar surface area (TPSA) is 128 Å². The summed E-state index contributed by atoms with van der Waals surface area (Å²) in [6.45, 7) is 1.95. The number of amides is 1. The van der Waals surface area contributed by atoms with Gasteiger partial charge in [0.25, 0.3) is 5.91 Å². The molecular formula is C25H27ClN4O4S. The number of quaternary nitrogens is 1. The molecular weight excluding hydrogens is 488 g/mol. The zero-order chi connectivity index (χ0) is 24.3. The summed E-state index contributed by atoms with van der Waals surface area (Å²) in [4.78, 5) is 16.7. The highest BCUT2D eigenvalue weighted by Gasteiger charge is 2.20. The van der Waals surface area contributed by atoms with Crippen LogP contribution in [0.5, 0.6) is 5.75 Å². The number of halogens is 1. The van der Waals surface area contributed by atoms with E-state index in [4.69, 9.17) is 15.5 Å². The Labute approximate surface area is 210 Å². The predicted octanol–water partition coefficient (Wildman–Crippen LogP) is 0.568. The molecule has 0 spiro atoms. The number of carbonyl (C=O) groups excluding carboxylic acids is 1. The molecule has 0 aliphatic heterocycles. The Hall–Kier alpha value is -3.40. The van der Waals surface area contributed by atoms with Crippen LogP contribution < -0.4 is 32.9 Å². The van der Waals surface area contributed by atoms with Gasteiger partial charge in [0.2, 0.25) is 10.0 Å². The number of anilines is 1. The lowest BCUT2D eigenvalue weighted by Crippen LogP contribution is -3.00. The smallest absolute Gasteiger partial charge is 0.250 e. The molecule has 1 heterocycles. The van der Waals surface area contributed by atoms with Gasteiger partial charge >= 0.3 is 0 Å². The lowest BCUT2D eigenvalue weighted by molar-refractivity contribution is -0.475. The minimum absolute atomic E-state index is 0. The molecule has 0 unspecified atom stereocenters. The van der Waals surface area contributed by atoms with E-state index in [0.717, 1.165) is 34.1 Å². The first-order valence-electron chi connectivity index (χ1n) is 11.0. The number of pyridine rings is 1. The van der Waals surface area contributed by atoms with Crippen LogP contribution in [0.15, 0.2) is 60.7 Å². The molecule has 8 nitrogen and oxygen atoms in total. The van der Waals surface area contributed by atoms with Crippen LogP contribution in [-0.2, 0) is 10.0 Å². The van der Waals surface area contributed by atoms with E-state index in [1.54, 1.807) is 30.3 Å². The van der Waals surface area contributed by atoms with E-state index >= 15 is 0 Å². The third-order valence-electron chi connectivity index (χ3n) is 5.59. The van der Waals surface area contributed by atoms with E-state index in [0.29, 0.717) is 28.9 Å². The first kappa shape index (κ1) is 26.2. The molecule has 35 heavy (non-hydrogen) atoms. The minimum Gasteiger partial charge on any atom is -1.00 e. The van der Waals surface area contributed by atoms with Crippen LogP contribution >= 0.6 is 0 Å².